The van der Waals surface area contributed by atoms with Gasteiger partial charge in [0.15, 0.2) is 23.9 Å². The number of aliphatic hydroxyl groups is 1. The molecule has 1 aromatic heterocycles. The number of carbonyl (C=O) groups excluding carboxylic acids is 1. The Hall–Kier alpha value is -2.41. The van der Waals surface area contributed by atoms with Crippen LogP contribution in [0.5, 0.6) is 5.75 Å². The molecule has 1 heterocycles. The van der Waals surface area contributed by atoms with E-state index in [4.69, 9.17) is 9.15 Å². The monoisotopic (exact) mass is 362 g/mol. The summed E-state index contributed by atoms with van der Waals surface area (Å²) in [4.78, 5) is 18.0. The van der Waals surface area contributed by atoms with Gasteiger partial charge < -0.3 is 19.2 Å². The second-order valence-electron chi connectivity index (χ2n) is 6.75. The van der Waals surface area contributed by atoms with Crippen LogP contribution in [-0.4, -0.2) is 40.1 Å². The molecule has 0 unspecified atom stereocenters. The smallest absolute Gasteiger partial charge is 0.275 e. The summed E-state index contributed by atoms with van der Waals surface area (Å²) in [5.74, 6) is -0.465. The van der Waals surface area contributed by atoms with Crippen LogP contribution in [0.3, 0.4) is 0 Å². The maximum absolute atomic E-state index is 13.5. The van der Waals surface area contributed by atoms with Crippen LogP contribution in [0.2, 0.25) is 0 Å². The molecule has 1 aliphatic carbocycles. The Kier molecular flexibility index (Phi) is 5.56. The average Bonchev–Trinajstić information content (AvgIpc) is 3.28. The lowest BCUT2D eigenvalue weighted by atomic mass is 9.98. The molecule has 1 amide bonds. The number of carbonyl (C=O) groups is 1. The van der Waals surface area contributed by atoms with Gasteiger partial charge in [-0.1, -0.05) is 25.0 Å². The van der Waals surface area contributed by atoms with Gasteiger partial charge in [0.2, 0.25) is 5.89 Å². The number of benzene rings is 1. The fourth-order valence-corrected chi connectivity index (χ4v) is 3.13. The van der Waals surface area contributed by atoms with Gasteiger partial charge in [0, 0.05) is 13.6 Å². The molecular weight excluding hydrogens is 339 g/mol. The summed E-state index contributed by atoms with van der Waals surface area (Å²) >= 11 is 0. The van der Waals surface area contributed by atoms with E-state index in [9.17, 15) is 14.3 Å². The maximum atomic E-state index is 13.5. The lowest BCUT2D eigenvalue weighted by Gasteiger charge is -2.25. The van der Waals surface area contributed by atoms with Crippen molar-refractivity contribution in [3.05, 3.63) is 47.9 Å². The summed E-state index contributed by atoms with van der Waals surface area (Å²) in [6.07, 6.45) is 5.46. The zero-order valence-electron chi connectivity index (χ0n) is 14.8. The number of oxazole rings is 1. The molecule has 0 saturated heterocycles. The normalized spacial score (nSPS) is 15.8. The molecule has 1 fully saturated rings. The van der Waals surface area contributed by atoms with Crippen molar-refractivity contribution in [1.29, 1.82) is 0 Å². The van der Waals surface area contributed by atoms with Crippen LogP contribution in [0.15, 0.2) is 34.9 Å². The van der Waals surface area contributed by atoms with Crippen LogP contribution in [0.25, 0.3) is 0 Å². The Morgan fingerprint density at radius 1 is 1.38 bits per heavy atom. The lowest BCUT2D eigenvalue weighted by molar-refractivity contribution is 0.0295. The number of nitrogens with zero attached hydrogens (tertiary/aromatic N) is 2. The standard InChI is InChI=1S/C19H23FN2O4/c1-22(11-10-19(24)8-4-5-9-19)18(23)15-12-26-17(21-15)13-25-16-7-3-2-6-14(16)20/h2-3,6-7,12,24H,4-5,8-11,13H2,1H3. The SMILES string of the molecule is CN(CCC1(O)CCCC1)C(=O)c1coc(COc2ccccc2F)n1. The van der Waals surface area contributed by atoms with Crippen molar-refractivity contribution in [2.24, 2.45) is 0 Å². The summed E-state index contributed by atoms with van der Waals surface area (Å²) in [5, 5.41) is 10.4. The van der Waals surface area contributed by atoms with Gasteiger partial charge in [-0.2, -0.15) is 0 Å². The summed E-state index contributed by atoms with van der Waals surface area (Å²) in [5.41, 5.74) is -0.491. The second kappa shape index (κ2) is 7.86. The summed E-state index contributed by atoms with van der Waals surface area (Å²) in [6, 6.07) is 6.04. The van der Waals surface area contributed by atoms with Crippen LogP contribution in [0, 0.1) is 5.82 Å². The van der Waals surface area contributed by atoms with Crippen LogP contribution in [0.1, 0.15) is 48.5 Å². The van der Waals surface area contributed by atoms with E-state index >= 15 is 0 Å². The summed E-state index contributed by atoms with van der Waals surface area (Å²) in [7, 11) is 1.67. The minimum absolute atomic E-state index is 0.0717. The second-order valence-corrected chi connectivity index (χ2v) is 6.75. The number of rotatable bonds is 7. The van der Waals surface area contributed by atoms with E-state index in [2.05, 4.69) is 4.98 Å². The Balaban J connectivity index is 1.53. The van der Waals surface area contributed by atoms with Gasteiger partial charge in [0.05, 0.1) is 5.60 Å². The first kappa shape index (κ1) is 18.4. The minimum Gasteiger partial charge on any atom is -0.481 e. The van der Waals surface area contributed by atoms with Gasteiger partial charge in [-0.05, 0) is 31.4 Å². The zero-order chi connectivity index (χ0) is 18.6. The summed E-state index contributed by atoms with van der Waals surface area (Å²) < 4.78 is 24.1. The van der Waals surface area contributed by atoms with Crippen LogP contribution >= 0.6 is 0 Å². The molecule has 0 aliphatic heterocycles. The van der Waals surface area contributed by atoms with E-state index in [0.29, 0.717) is 13.0 Å². The third-order valence-corrected chi connectivity index (χ3v) is 4.75. The number of hydrogen-bond acceptors (Lipinski definition) is 5. The first-order valence-corrected chi connectivity index (χ1v) is 8.76. The molecule has 0 atom stereocenters. The number of hydrogen-bond donors (Lipinski definition) is 1. The Bertz CT molecular complexity index is 756. The van der Waals surface area contributed by atoms with Crippen molar-refractivity contribution in [2.75, 3.05) is 13.6 Å². The van der Waals surface area contributed by atoms with Crippen molar-refractivity contribution >= 4 is 5.91 Å². The van der Waals surface area contributed by atoms with E-state index in [0.717, 1.165) is 25.7 Å². The van der Waals surface area contributed by atoms with Crippen molar-refractivity contribution < 1.29 is 23.4 Å². The highest BCUT2D eigenvalue weighted by Gasteiger charge is 2.31. The number of para-hydroxylation sites is 1. The predicted octanol–water partition coefficient (Wildman–Crippen LogP) is 3.16. The van der Waals surface area contributed by atoms with Gasteiger partial charge >= 0.3 is 0 Å². The fourth-order valence-electron chi connectivity index (χ4n) is 3.13. The molecule has 0 radical (unpaired) electrons. The molecule has 1 saturated carbocycles. The minimum atomic E-state index is -0.656. The Morgan fingerprint density at radius 3 is 2.85 bits per heavy atom. The van der Waals surface area contributed by atoms with E-state index in [1.807, 2.05) is 0 Å². The maximum Gasteiger partial charge on any atom is 0.275 e. The Morgan fingerprint density at radius 2 is 2.12 bits per heavy atom. The largest absolute Gasteiger partial charge is 0.481 e. The van der Waals surface area contributed by atoms with Gasteiger partial charge in [0.1, 0.15) is 6.26 Å². The molecule has 6 nitrogen and oxygen atoms in total. The van der Waals surface area contributed by atoms with Crippen LogP contribution in [0.4, 0.5) is 4.39 Å². The molecule has 1 aliphatic rings. The van der Waals surface area contributed by atoms with Gasteiger partial charge in [0.25, 0.3) is 5.91 Å². The van der Waals surface area contributed by atoms with Crippen molar-refractivity contribution in [3.63, 3.8) is 0 Å². The molecule has 0 bridgehead atoms. The first-order valence-electron chi connectivity index (χ1n) is 8.76. The average molecular weight is 362 g/mol. The quantitative estimate of drug-likeness (QED) is 0.819. The predicted molar refractivity (Wildman–Crippen MR) is 92.2 cm³/mol. The van der Waals surface area contributed by atoms with Gasteiger partial charge in [-0.3, -0.25) is 4.79 Å². The van der Waals surface area contributed by atoms with E-state index < -0.39 is 11.4 Å². The third-order valence-electron chi connectivity index (χ3n) is 4.75. The number of amides is 1. The fraction of sp³-hybridized carbons (Fsp3) is 0.474. The van der Waals surface area contributed by atoms with E-state index in [1.54, 1.807) is 19.2 Å². The topological polar surface area (TPSA) is 75.8 Å². The third kappa shape index (κ3) is 4.40. The van der Waals surface area contributed by atoms with Crippen LogP contribution in [-0.2, 0) is 6.61 Å². The highest BCUT2D eigenvalue weighted by atomic mass is 19.1. The van der Waals surface area contributed by atoms with Gasteiger partial charge in [-0.25, -0.2) is 9.37 Å². The van der Waals surface area contributed by atoms with E-state index in [1.165, 1.54) is 23.3 Å². The highest BCUT2D eigenvalue weighted by Crippen LogP contribution is 2.32. The molecular formula is C19H23FN2O4. The zero-order valence-corrected chi connectivity index (χ0v) is 14.8. The molecule has 2 aromatic rings. The number of aromatic nitrogens is 1. The van der Waals surface area contributed by atoms with Crippen LogP contribution < -0.4 is 4.74 Å². The number of ether oxygens (including phenoxy) is 1. The number of halogens is 1. The molecule has 7 heteroatoms. The molecule has 1 aromatic carbocycles. The lowest BCUT2D eigenvalue weighted by Crippen LogP contribution is -2.34. The summed E-state index contributed by atoms with van der Waals surface area (Å²) in [6.45, 7) is 0.376. The van der Waals surface area contributed by atoms with E-state index in [-0.39, 0.29) is 29.8 Å². The van der Waals surface area contributed by atoms with Crippen molar-refractivity contribution in [1.82, 2.24) is 9.88 Å². The first-order chi connectivity index (χ1) is 12.5. The molecule has 0 spiro atoms. The van der Waals surface area contributed by atoms with Crippen molar-refractivity contribution in [2.45, 2.75) is 44.3 Å². The highest BCUT2D eigenvalue weighted by molar-refractivity contribution is 5.91. The van der Waals surface area contributed by atoms with Crippen molar-refractivity contribution in [3.8, 4) is 5.75 Å². The molecule has 1 N–H and O–H groups in total. The Labute approximate surface area is 151 Å². The molecule has 3 rings (SSSR count). The van der Waals surface area contributed by atoms with Gasteiger partial charge in [-0.15, -0.1) is 0 Å². The molecule has 26 heavy (non-hydrogen) atoms. The molecule has 140 valence electrons.